The lowest BCUT2D eigenvalue weighted by Crippen LogP contribution is -2.44. The zero-order valence-electron chi connectivity index (χ0n) is 27.6. The van der Waals surface area contributed by atoms with Crippen molar-refractivity contribution in [2.75, 3.05) is 26.2 Å². The lowest BCUT2D eigenvalue weighted by atomic mass is 9.90. The lowest BCUT2D eigenvalue weighted by molar-refractivity contribution is -0.276. The Labute approximate surface area is 278 Å². The van der Waals surface area contributed by atoms with Crippen LogP contribution in [0.15, 0.2) is 72.8 Å². The number of hydrogen-bond acceptors (Lipinski definition) is 7. The van der Waals surface area contributed by atoms with Gasteiger partial charge in [0.2, 0.25) is 11.8 Å². The number of ether oxygens (including phenoxy) is 2. The molecule has 2 amide bonds. The second-order valence-electron chi connectivity index (χ2n) is 12.9. The molecule has 9 heteroatoms. The quantitative estimate of drug-likeness (QED) is 0.182. The van der Waals surface area contributed by atoms with Crippen LogP contribution in [0.2, 0.25) is 0 Å². The molecule has 9 nitrogen and oxygen atoms in total. The summed E-state index contributed by atoms with van der Waals surface area (Å²) in [6.07, 6.45) is 2.64. The van der Waals surface area contributed by atoms with Crippen molar-refractivity contribution < 1.29 is 29.3 Å². The van der Waals surface area contributed by atoms with Gasteiger partial charge in [0.1, 0.15) is 0 Å². The Balaban J connectivity index is 1.24. The fraction of sp³-hybridized carbons (Fsp3) is 0.474. The highest BCUT2D eigenvalue weighted by atomic mass is 16.7. The molecule has 2 aliphatic heterocycles. The van der Waals surface area contributed by atoms with E-state index in [9.17, 15) is 19.8 Å². The second-order valence-corrected chi connectivity index (χ2v) is 12.9. The Morgan fingerprint density at radius 1 is 0.915 bits per heavy atom. The maximum absolute atomic E-state index is 12.5. The third kappa shape index (κ3) is 9.72. The lowest BCUT2D eigenvalue weighted by Gasteiger charge is -2.42. The summed E-state index contributed by atoms with van der Waals surface area (Å²) in [5, 5.41) is 25.5. The number of carbonyl (C=O) groups excluding carboxylic acids is 2. The minimum atomic E-state index is -0.562. The van der Waals surface area contributed by atoms with Crippen LogP contribution >= 0.6 is 0 Å². The first-order chi connectivity index (χ1) is 22.8. The Morgan fingerprint density at radius 2 is 1.66 bits per heavy atom. The van der Waals surface area contributed by atoms with E-state index in [4.69, 9.17) is 9.47 Å². The molecule has 252 valence electrons. The van der Waals surface area contributed by atoms with E-state index >= 15 is 0 Å². The van der Waals surface area contributed by atoms with Crippen LogP contribution in [0, 0.1) is 5.92 Å². The highest BCUT2D eigenvalue weighted by Crippen LogP contribution is 2.42. The van der Waals surface area contributed by atoms with Crippen LogP contribution in [0.3, 0.4) is 0 Å². The summed E-state index contributed by atoms with van der Waals surface area (Å²) in [6.45, 7) is 6.98. The summed E-state index contributed by atoms with van der Waals surface area (Å²) in [7, 11) is 0. The normalized spacial score (nSPS) is 23.0. The fourth-order valence-electron chi connectivity index (χ4n) is 6.47. The van der Waals surface area contributed by atoms with Gasteiger partial charge in [0.15, 0.2) is 6.29 Å². The Hall–Kier alpha value is -3.60. The number of unbranched alkanes of at least 4 members (excludes halogenated alkanes) is 2. The summed E-state index contributed by atoms with van der Waals surface area (Å²) < 4.78 is 13.3. The van der Waals surface area contributed by atoms with Crippen LogP contribution in [0.5, 0.6) is 0 Å². The fourth-order valence-corrected chi connectivity index (χ4v) is 6.47. The Bertz CT molecular complexity index is 1450. The van der Waals surface area contributed by atoms with Gasteiger partial charge in [-0.15, -0.1) is 0 Å². The van der Waals surface area contributed by atoms with Crippen molar-refractivity contribution in [3.8, 4) is 11.1 Å². The summed E-state index contributed by atoms with van der Waals surface area (Å²) in [4.78, 5) is 25.8. The van der Waals surface area contributed by atoms with E-state index in [1.54, 1.807) is 0 Å². The van der Waals surface area contributed by atoms with Crippen molar-refractivity contribution in [3.05, 3.63) is 95.1 Å². The number of aliphatic hydroxyl groups is 2. The molecular weight excluding hydrogens is 594 g/mol. The first-order valence-electron chi connectivity index (χ1n) is 16.9. The van der Waals surface area contributed by atoms with Gasteiger partial charge in [0, 0.05) is 57.5 Å². The molecule has 0 radical (unpaired) electrons. The van der Waals surface area contributed by atoms with Gasteiger partial charge in [-0.1, -0.05) is 86.1 Å². The molecule has 2 aliphatic rings. The first kappa shape index (κ1) is 34.7. The Kier molecular flexibility index (Phi) is 12.6. The molecule has 0 bridgehead atoms. The molecule has 47 heavy (non-hydrogen) atoms. The number of amides is 2. The van der Waals surface area contributed by atoms with E-state index < -0.39 is 6.29 Å². The van der Waals surface area contributed by atoms with Gasteiger partial charge < -0.3 is 30.3 Å². The summed E-state index contributed by atoms with van der Waals surface area (Å²) in [5.41, 5.74) is 5.97. The van der Waals surface area contributed by atoms with Gasteiger partial charge in [-0.3, -0.25) is 14.5 Å². The predicted molar refractivity (Wildman–Crippen MR) is 181 cm³/mol. The number of likely N-dealkylation sites (tertiary alicyclic amines) is 1. The predicted octanol–water partition coefficient (Wildman–Crippen LogP) is 5.02. The number of nitrogens with one attached hydrogen (secondary N) is 2. The van der Waals surface area contributed by atoms with Crippen LogP contribution < -0.4 is 10.6 Å². The molecule has 5 atom stereocenters. The van der Waals surface area contributed by atoms with Gasteiger partial charge >= 0.3 is 0 Å². The van der Waals surface area contributed by atoms with Gasteiger partial charge in [0.25, 0.3) is 0 Å². The van der Waals surface area contributed by atoms with Gasteiger partial charge in [-0.05, 0) is 47.1 Å². The van der Waals surface area contributed by atoms with Crippen molar-refractivity contribution in [1.29, 1.82) is 0 Å². The highest BCUT2D eigenvalue weighted by molar-refractivity contribution is 5.76. The topological polar surface area (TPSA) is 120 Å². The van der Waals surface area contributed by atoms with Crippen LogP contribution in [0.25, 0.3) is 11.1 Å². The van der Waals surface area contributed by atoms with Crippen molar-refractivity contribution in [2.45, 2.75) is 83.7 Å². The third-order valence-corrected chi connectivity index (χ3v) is 9.25. The molecule has 2 saturated heterocycles. The molecule has 0 unspecified atom stereocenters. The zero-order valence-corrected chi connectivity index (χ0v) is 27.6. The average molecular weight is 644 g/mol. The maximum atomic E-state index is 12.5. The summed E-state index contributed by atoms with van der Waals surface area (Å²) >= 11 is 0. The molecule has 0 spiro atoms. The summed E-state index contributed by atoms with van der Waals surface area (Å²) in [5.74, 6) is 0.0726. The number of hydrogen-bond donors (Lipinski definition) is 4. The molecule has 0 saturated carbocycles. The first-order valence-corrected chi connectivity index (χ1v) is 16.9. The second kappa shape index (κ2) is 17.0. The molecule has 3 aromatic carbocycles. The van der Waals surface area contributed by atoms with E-state index in [-0.39, 0.29) is 42.7 Å². The molecule has 2 heterocycles. The standard InChI is InChI=1S/C38H49N3O6/c1-26-35(24-41-21-19-33(44)23-41)46-38(47-37(26)30-13-11-28(25-42)12-14-30)31-17-15-29(16-18-31)34-9-6-5-8-32(34)22-40-36(45)10-4-3-7-20-39-27(2)43/h5-6,8-9,11-18,26,33,35,37-38,42,44H,3-4,7,10,19-25H2,1-2H3,(H,39,43)(H,40,45)/t26-,33-,35+,37+,38+/m0/s1. The number of benzene rings is 3. The highest BCUT2D eigenvalue weighted by Gasteiger charge is 2.39. The number of β-amino-alcohol motifs (C(OH)–C–C–N with tert-alkyl or cyclic N) is 1. The zero-order chi connectivity index (χ0) is 33.2. The van der Waals surface area contributed by atoms with Crippen LogP contribution in [0.1, 0.15) is 80.6 Å². The van der Waals surface area contributed by atoms with Crippen LogP contribution in [-0.4, -0.2) is 65.3 Å². The van der Waals surface area contributed by atoms with E-state index in [1.165, 1.54) is 6.92 Å². The van der Waals surface area contributed by atoms with Gasteiger partial charge in [-0.2, -0.15) is 0 Å². The van der Waals surface area contributed by atoms with Gasteiger partial charge in [-0.25, -0.2) is 0 Å². The summed E-state index contributed by atoms with van der Waals surface area (Å²) in [6, 6.07) is 24.3. The maximum Gasteiger partial charge on any atom is 0.220 e. The molecule has 0 aromatic heterocycles. The third-order valence-electron chi connectivity index (χ3n) is 9.25. The average Bonchev–Trinajstić information content (AvgIpc) is 3.50. The molecule has 5 rings (SSSR count). The van der Waals surface area contributed by atoms with Crippen molar-refractivity contribution in [2.24, 2.45) is 5.92 Å². The van der Waals surface area contributed by atoms with E-state index in [2.05, 4.69) is 52.8 Å². The number of nitrogens with zero attached hydrogens (tertiary/aromatic N) is 1. The number of rotatable bonds is 14. The van der Waals surface area contributed by atoms with E-state index in [0.717, 1.165) is 72.2 Å². The van der Waals surface area contributed by atoms with Crippen molar-refractivity contribution in [1.82, 2.24) is 15.5 Å². The van der Waals surface area contributed by atoms with Crippen LogP contribution in [0.4, 0.5) is 0 Å². The minimum Gasteiger partial charge on any atom is -0.392 e. The number of aliphatic hydroxyl groups excluding tert-OH is 2. The van der Waals surface area contributed by atoms with E-state index in [1.807, 2.05) is 42.5 Å². The SMILES string of the molecule is CC(=O)NCCCCCC(=O)NCc1ccccc1-c1ccc([C@@H]2O[C@H](CN3CC[C@H](O)C3)[C@H](C)[C@H](c3ccc(CO)cc3)O2)cc1. The molecule has 4 N–H and O–H groups in total. The molecule has 3 aromatic rings. The monoisotopic (exact) mass is 643 g/mol. The Morgan fingerprint density at radius 3 is 2.36 bits per heavy atom. The molecular formula is C38H49N3O6. The van der Waals surface area contributed by atoms with Crippen LogP contribution in [-0.2, 0) is 32.2 Å². The molecule has 2 fully saturated rings. The number of carbonyl (C=O) groups is 2. The van der Waals surface area contributed by atoms with E-state index in [0.29, 0.717) is 26.1 Å². The van der Waals surface area contributed by atoms with Crippen molar-refractivity contribution >= 4 is 11.8 Å². The van der Waals surface area contributed by atoms with Gasteiger partial charge in [0.05, 0.1) is 24.9 Å². The smallest absolute Gasteiger partial charge is 0.220 e. The van der Waals surface area contributed by atoms with Crippen molar-refractivity contribution in [3.63, 3.8) is 0 Å². The minimum absolute atomic E-state index is 0.00300. The largest absolute Gasteiger partial charge is 0.392 e. The molecule has 0 aliphatic carbocycles.